The lowest BCUT2D eigenvalue weighted by atomic mass is 9.76. The van der Waals surface area contributed by atoms with Crippen molar-refractivity contribution in [2.75, 3.05) is 16.5 Å². The van der Waals surface area contributed by atoms with E-state index in [1.807, 2.05) is 12.3 Å². The van der Waals surface area contributed by atoms with Crippen LogP contribution in [-0.4, -0.2) is 16.2 Å². The number of aromatic nitrogens is 2. The van der Waals surface area contributed by atoms with Crippen molar-refractivity contribution in [2.24, 2.45) is 0 Å². The van der Waals surface area contributed by atoms with Gasteiger partial charge in [0.2, 0.25) is 0 Å². The zero-order chi connectivity index (χ0) is 62.4. The van der Waals surface area contributed by atoms with Crippen LogP contribution in [0.2, 0.25) is 0 Å². The number of hydrogen-bond donors (Lipinski definition) is 0. The second kappa shape index (κ2) is 20.5. The van der Waals surface area contributed by atoms with Crippen LogP contribution in [-0.2, 0) is 32.5 Å². The standard InChI is InChI=1S/C81H90N4O2/c1-48-49(2)71(51-36-54(77(7,8)9)40-55(37-51)78(10,11)12)74(72(50(48)3)52-38-56(79(13,14)15)41-57(39-52)80(16,17)18)84-47-83(65-27-23-24-28-66(65)84)59-42-58(81(19,20)21)43-61(45-59)86-60-30-31-64-68(46-60)85(70-44-53(34-35-82-70)76(4,5)6)67-33-32-63-62-26-22-25-29-69(62)87-75(63)73(64)67/h22-46H,47H2,1-21H3. The molecule has 0 spiro atoms. The van der Waals surface area contributed by atoms with Crippen molar-refractivity contribution >= 4 is 66.5 Å². The van der Waals surface area contributed by atoms with Gasteiger partial charge in [-0.1, -0.05) is 191 Å². The van der Waals surface area contributed by atoms with Crippen LogP contribution in [0.15, 0.2) is 156 Å². The minimum absolute atomic E-state index is 0.0775. The van der Waals surface area contributed by atoms with Gasteiger partial charge in [0.25, 0.3) is 0 Å². The molecule has 0 saturated carbocycles. The Morgan fingerprint density at radius 3 is 1.47 bits per heavy atom. The molecule has 0 amide bonds. The largest absolute Gasteiger partial charge is 0.457 e. The highest BCUT2D eigenvalue weighted by Crippen LogP contribution is 2.55. The summed E-state index contributed by atoms with van der Waals surface area (Å²) < 4.78 is 16.3. The Bertz CT molecular complexity index is 4390. The van der Waals surface area contributed by atoms with E-state index in [1.54, 1.807) is 0 Å². The van der Waals surface area contributed by atoms with E-state index < -0.39 is 0 Å². The van der Waals surface area contributed by atoms with Crippen molar-refractivity contribution < 1.29 is 9.15 Å². The maximum absolute atomic E-state index is 7.28. The van der Waals surface area contributed by atoms with Crippen molar-refractivity contribution in [3.05, 3.63) is 202 Å². The number of benzene rings is 8. The van der Waals surface area contributed by atoms with Gasteiger partial charge in [-0.25, -0.2) is 4.98 Å². The number of fused-ring (bicyclic) bond motifs is 8. The molecule has 0 fully saturated rings. The zero-order valence-corrected chi connectivity index (χ0v) is 55.7. The third kappa shape index (κ3) is 10.6. The van der Waals surface area contributed by atoms with Gasteiger partial charge < -0.3 is 19.0 Å². The van der Waals surface area contributed by atoms with E-state index in [2.05, 4.69) is 299 Å². The molecule has 6 nitrogen and oxygen atoms in total. The number of anilines is 4. The summed E-state index contributed by atoms with van der Waals surface area (Å²) in [6, 6.07) is 54.4. The van der Waals surface area contributed by atoms with Crippen LogP contribution in [0.1, 0.15) is 175 Å². The summed E-state index contributed by atoms with van der Waals surface area (Å²) in [6.45, 7) is 49.5. The molecule has 3 aromatic heterocycles. The zero-order valence-electron chi connectivity index (χ0n) is 55.7. The first-order valence-corrected chi connectivity index (χ1v) is 31.4. The minimum Gasteiger partial charge on any atom is -0.457 e. The topological polar surface area (TPSA) is 46.7 Å². The van der Waals surface area contributed by atoms with E-state index in [0.29, 0.717) is 6.67 Å². The lowest BCUT2D eigenvalue weighted by Crippen LogP contribution is -2.26. The summed E-state index contributed by atoms with van der Waals surface area (Å²) in [4.78, 5) is 10.2. The van der Waals surface area contributed by atoms with Crippen LogP contribution in [0.4, 0.5) is 22.7 Å². The smallest absolute Gasteiger partial charge is 0.145 e. The van der Waals surface area contributed by atoms with Crippen molar-refractivity contribution in [2.45, 2.75) is 178 Å². The molecule has 1 aliphatic rings. The highest BCUT2D eigenvalue weighted by Gasteiger charge is 2.36. The molecule has 8 aromatic carbocycles. The van der Waals surface area contributed by atoms with E-state index >= 15 is 0 Å². The van der Waals surface area contributed by atoms with Crippen molar-refractivity contribution in [3.63, 3.8) is 0 Å². The summed E-state index contributed by atoms with van der Waals surface area (Å²) in [5.74, 6) is 2.36. The van der Waals surface area contributed by atoms with Crippen molar-refractivity contribution in [3.8, 4) is 39.6 Å². The Morgan fingerprint density at radius 1 is 0.414 bits per heavy atom. The van der Waals surface area contributed by atoms with Crippen molar-refractivity contribution in [1.82, 2.24) is 9.55 Å². The molecule has 0 atom stereocenters. The Morgan fingerprint density at radius 2 is 0.920 bits per heavy atom. The maximum Gasteiger partial charge on any atom is 0.145 e. The summed E-state index contributed by atoms with van der Waals surface area (Å²) >= 11 is 0. The maximum atomic E-state index is 7.28. The van der Waals surface area contributed by atoms with Gasteiger partial charge in [0.15, 0.2) is 0 Å². The van der Waals surface area contributed by atoms with Crippen LogP contribution in [0.25, 0.3) is 71.8 Å². The van der Waals surface area contributed by atoms with E-state index in [4.69, 9.17) is 14.1 Å². The highest BCUT2D eigenvalue weighted by molar-refractivity contribution is 6.24. The first-order valence-electron chi connectivity index (χ1n) is 31.4. The fraction of sp³-hybridized carbons (Fsp3) is 0.346. The summed E-state index contributed by atoms with van der Waals surface area (Å²) in [5.41, 5.74) is 24.5. The molecule has 0 saturated heterocycles. The fourth-order valence-corrected chi connectivity index (χ4v) is 13.0. The van der Waals surface area contributed by atoms with Gasteiger partial charge in [-0.05, 0) is 181 Å². The molecule has 0 aliphatic carbocycles. The van der Waals surface area contributed by atoms with E-state index in [1.165, 1.54) is 83.7 Å². The summed E-state index contributed by atoms with van der Waals surface area (Å²) in [7, 11) is 0. The highest BCUT2D eigenvalue weighted by atomic mass is 16.5. The van der Waals surface area contributed by atoms with Gasteiger partial charge in [0.05, 0.1) is 33.5 Å². The number of rotatable bonds is 7. The Labute approximate surface area is 518 Å². The monoisotopic (exact) mass is 1150 g/mol. The second-order valence-corrected chi connectivity index (χ2v) is 31.2. The van der Waals surface area contributed by atoms with Crippen LogP contribution in [0.3, 0.4) is 0 Å². The molecular weight excluding hydrogens is 1060 g/mol. The molecule has 1 aliphatic heterocycles. The minimum atomic E-state index is -0.206. The van der Waals surface area contributed by atoms with Gasteiger partial charge in [-0.15, -0.1) is 0 Å². The fourth-order valence-electron chi connectivity index (χ4n) is 13.0. The number of furan rings is 1. The third-order valence-electron chi connectivity index (χ3n) is 18.7. The van der Waals surface area contributed by atoms with Gasteiger partial charge >= 0.3 is 0 Å². The summed E-state index contributed by atoms with van der Waals surface area (Å²) in [5, 5.41) is 4.33. The van der Waals surface area contributed by atoms with Crippen molar-refractivity contribution in [1.29, 1.82) is 0 Å². The number of nitrogens with zero attached hydrogens (tertiary/aromatic N) is 4. The van der Waals surface area contributed by atoms with Gasteiger partial charge in [0.1, 0.15) is 35.2 Å². The number of ether oxygens (including phenoxy) is 1. The predicted molar refractivity (Wildman–Crippen MR) is 372 cm³/mol. The van der Waals surface area contributed by atoms with Crippen LogP contribution >= 0.6 is 0 Å². The normalized spacial score (nSPS) is 13.7. The van der Waals surface area contributed by atoms with E-state index in [-0.39, 0.29) is 32.5 Å². The van der Waals surface area contributed by atoms with Gasteiger partial charge in [-0.3, -0.25) is 4.57 Å². The molecule has 0 radical (unpaired) electrons. The third-order valence-corrected chi connectivity index (χ3v) is 18.7. The van der Waals surface area contributed by atoms with Crippen LogP contribution in [0.5, 0.6) is 11.5 Å². The first kappa shape index (κ1) is 59.3. The molecule has 446 valence electrons. The molecule has 11 aromatic rings. The summed E-state index contributed by atoms with van der Waals surface area (Å²) in [6.07, 6.45) is 1.94. The molecule has 0 unspecified atom stereocenters. The Hall–Kier alpha value is -8.09. The number of para-hydroxylation sites is 3. The van der Waals surface area contributed by atoms with Crippen LogP contribution < -0.4 is 14.5 Å². The predicted octanol–water partition coefficient (Wildman–Crippen LogP) is 23.2. The SMILES string of the molecule is Cc1c(C)c(-c2cc(C(C)(C)C)cc(C(C)(C)C)c2)c(N2CN(c3cc(Oc4ccc5c6c7oc8ccccc8c7ccc6n(-c6cc(C(C)(C)C)ccn6)c5c4)cc(C(C)(C)C)c3)c3ccccc32)c(-c2cc(C(C)(C)C)cc(C(C)(C)C)c2)c1C. The average molecular weight is 1150 g/mol. The molecule has 6 heteroatoms. The molecule has 0 N–H and O–H groups in total. The van der Waals surface area contributed by atoms with E-state index in [0.717, 1.165) is 72.4 Å². The van der Waals surface area contributed by atoms with Crippen LogP contribution in [0, 0.1) is 20.8 Å². The molecular formula is C81H90N4O2. The van der Waals surface area contributed by atoms with Gasteiger partial charge in [0, 0.05) is 51.3 Å². The van der Waals surface area contributed by atoms with Gasteiger partial charge in [-0.2, -0.15) is 0 Å². The molecule has 12 rings (SSSR count). The molecule has 4 heterocycles. The molecule has 0 bridgehead atoms. The Balaban J connectivity index is 1.06. The quantitative estimate of drug-likeness (QED) is 0.159. The molecule has 87 heavy (non-hydrogen) atoms. The second-order valence-electron chi connectivity index (χ2n) is 31.2. The number of pyridine rings is 1. The average Bonchev–Trinajstić information content (AvgIpc) is 1.67. The van der Waals surface area contributed by atoms with E-state index in [9.17, 15) is 0 Å². The Kier molecular flexibility index (Phi) is 14.0. The number of hydrogen-bond acceptors (Lipinski definition) is 5. The lowest BCUT2D eigenvalue weighted by Gasteiger charge is -2.33. The lowest BCUT2D eigenvalue weighted by molar-refractivity contribution is 0.479. The first-order chi connectivity index (χ1) is 40.6.